The third-order valence-electron chi connectivity index (χ3n) is 6.51. The Morgan fingerprint density at radius 1 is 1.03 bits per heavy atom. The van der Waals surface area contributed by atoms with E-state index in [9.17, 15) is 37.1 Å². The summed E-state index contributed by atoms with van der Waals surface area (Å²) in [6, 6.07) is 12.4. The molecule has 2 amide bonds. The number of amides is 2. The number of hydrogen-bond acceptors (Lipinski definition) is 5. The Labute approximate surface area is 220 Å². The van der Waals surface area contributed by atoms with E-state index >= 15 is 0 Å². The van der Waals surface area contributed by atoms with Crippen molar-refractivity contribution in [2.45, 2.75) is 62.4 Å². The zero-order chi connectivity index (χ0) is 29.0. The highest BCUT2D eigenvalue weighted by atomic mass is 19.4. The molecule has 1 heterocycles. The van der Waals surface area contributed by atoms with E-state index in [-0.39, 0.29) is 31.1 Å². The molecule has 39 heavy (non-hydrogen) atoms. The van der Waals surface area contributed by atoms with Crippen LogP contribution in [0.5, 0.6) is 0 Å². The minimum Gasteiger partial charge on any atom is -0.480 e. The van der Waals surface area contributed by atoms with Gasteiger partial charge in [0.25, 0.3) is 0 Å². The highest BCUT2D eigenvalue weighted by molar-refractivity contribution is 5.94. The van der Waals surface area contributed by atoms with E-state index in [1.54, 1.807) is 18.2 Å². The highest BCUT2D eigenvalue weighted by Crippen LogP contribution is 2.36. The molecular weight excluding hydrogens is 526 g/mol. The minimum atomic E-state index is -5.08. The van der Waals surface area contributed by atoms with Gasteiger partial charge >= 0.3 is 18.1 Å². The topological polar surface area (TPSA) is 150 Å². The smallest absolute Gasteiger partial charge is 0.480 e. The number of carboxylic acid groups (broad SMARTS) is 2. The number of carbonyl (C=O) groups excluding carboxylic acids is 2. The lowest BCUT2D eigenvalue weighted by atomic mass is 9.92. The molecule has 0 aromatic heterocycles. The van der Waals surface area contributed by atoms with Gasteiger partial charge in [-0.2, -0.15) is 13.2 Å². The molecule has 1 fully saturated rings. The number of carbonyl (C=O) groups is 4. The van der Waals surface area contributed by atoms with Crippen LogP contribution in [-0.2, 0) is 38.6 Å². The van der Waals surface area contributed by atoms with Gasteiger partial charge in [-0.1, -0.05) is 42.5 Å². The van der Waals surface area contributed by atoms with Crippen LogP contribution in [-0.4, -0.2) is 62.7 Å². The molecule has 5 N–H and O–H groups in total. The third-order valence-corrected chi connectivity index (χ3v) is 6.51. The normalized spacial score (nSPS) is 18.1. The molecule has 2 aliphatic rings. The van der Waals surface area contributed by atoms with Gasteiger partial charge in [0.15, 0.2) is 0 Å². The van der Waals surface area contributed by atoms with Gasteiger partial charge in [-0.15, -0.1) is 0 Å². The number of benzene rings is 2. The monoisotopic (exact) mass is 553 g/mol. The Hall–Kier alpha value is -4.00. The summed E-state index contributed by atoms with van der Waals surface area (Å²) in [7, 11) is 0. The summed E-state index contributed by atoms with van der Waals surface area (Å²) in [6.45, 7) is 0.236. The molecule has 210 valence electrons. The standard InChI is InChI=1S/C24H26FN3O4.C2HF3O2/c25-19-8-4-3-6-16(19)11-18(26)13-21(29)28-14-17-7-2-1-5-15(17)12-20(28)22(30)27-24(9-10-24)23(31)32;3-2(4,5)1(6)7/h1-8,18,20H,9-14,26H2,(H,27,30)(H,31,32);(H,6,7)/t18?,20-;/m0./s1. The summed E-state index contributed by atoms with van der Waals surface area (Å²) >= 11 is 0. The van der Waals surface area contributed by atoms with E-state index in [2.05, 4.69) is 5.32 Å². The lowest BCUT2D eigenvalue weighted by molar-refractivity contribution is -0.192. The molecule has 1 aliphatic carbocycles. The second kappa shape index (κ2) is 11.8. The molecule has 0 saturated heterocycles. The number of aliphatic carboxylic acids is 2. The first kappa shape index (κ1) is 29.6. The molecule has 0 bridgehead atoms. The first-order valence-electron chi connectivity index (χ1n) is 11.9. The molecule has 0 spiro atoms. The number of alkyl halides is 3. The number of nitrogens with two attached hydrogens (primary N) is 1. The fourth-order valence-corrected chi connectivity index (χ4v) is 4.22. The van der Waals surface area contributed by atoms with Crippen LogP contribution in [0.15, 0.2) is 48.5 Å². The number of halogens is 4. The van der Waals surface area contributed by atoms with Gasteiger partial charge < -0.3 is 26.2 Å². The van der Waals surface area contributed by atoms with Crippen molar-refractivity contribution >= 4 is 23.8 Å². The van der Waals surface area contributed by atoms with Crippen molar-refractivity contribution in [1.82, 2.24) is 10.2 Å². The fourth-order valence-electron chi connectivity index (χ4n) is 4.22. The lowest BCUT2D eigenvalue weighted by Crippen LogP contribution is -2.56. The van der Waals surface area contributed by atoms with Crippen molar-refractivity contribution in [3.8, 4) is 0 Å². The number of rotatable bonds is 7. The van der Waals surface area contributed by atoms with Crippen LogP contribution >= 0.6 is 0 Å². The fraction of sp³-hybridized carbons (Fsp3) is 0.385. The number of nitrogens with one attached hydrogen (secondary N) is 1. The van der Waals surface area contributed by atoms with Crippen LogP contribution in [0, 0.1) is 5.82 Å². The van der Waals surface area contributed by atoms with Gasteiger partial charge in [-0.25, -0.2) is 14.0 Å². The molecule has 2 atom stereocenters. The van der Waals surface area contributed by atoms with E-state index in [1.807, 2.05) is 24.3 Å². The average Bonchev–Trinajstić information content (AvgIpc) is 3.65. The Balaban J connectivity index is 0.000000532. The van der Waals surface area contributed by atoms with Crippen molar-refractivity contribution in [3.05, 3.63) is 71.0 Å². The lowest BCUT2D eigenvalue weighted by Gasteiger charge is -2.37. The predicted octanol–water partition coefficient (Wildman–Crippen LogP) is 2.41. The molecule has 4 rings (SSSR count). The van der Waals surface area contributed by atoms with Crippen LogP contribution in [0.2, 0.25) is 0 Å². The summed E-state index contributed by atoms with van der Waals surface area (Å²) in [5.41, 5.74) is 7.25. The van der Waals surface area contributed by atoms with Gasteiger partial charge in [0, 0.05) is 25.4 Å². The van der Waals surface area contributed by atoms with Crippen LogP contribution < -0.4 is 11.1 Å². The number of carboxylic acids is 2. The molecule has 9 nitrogen and oxygen atoms in total. The summed E-state index contributed by atoms with van der Waals surface area (Å²) in [5, 5.41) is 19.2. The van der Waals surface area contributed by atoms with Crippen LogP contribution in [0.25, 0.3) is 0 Å². The Bertz CT molecular complexity index is 1250. The largest absolute Gasteiger partial charge is 0.490 e. The minimum absolute atomic E-state index is 0.0512. The van der Waals surface area contributed by atoms with Crippen molar-refractivity contribution in [2.24, 2.45) is 5.73 Å². The second-order valence-electron chi connectivity index (χ2n) is 9.45. The molecule has 2 aromatic rings. The third kappa shape index (κ3) is 7.53. The Morgan fingerprint density at radius 3 is 2.13 bits per heavy atom. The van der Waals surface area contributed by atoms with Crippen molar-refractivity contribution in [3.63, 3.8) is 0 Å². The highest BCUT2D eigenvalue weighted by Gasteiger charge is 2.53. The van der Waals surface area contributed by atoms with Crippen LogP contribution in [0.3, 0.4) is 0 Å². The predicted molar refractivity (Wildman–Crippen MR) is 129 cm³/mol. The van der Waals surface area contributed by atoms with E-state index < -0.39 is 41.6 Å². The quantitative estimate of drug-likeness (QED) is 0.385. The van der Waals surface area contributed by atoms with Gasteiger partial charge in [-0.05, 0) is 42.0 Å². The second-order valence-corrected chi connectivity index (χ2v) is 9.45. The van der Waals surface area contributed by atoms with E-state index in [1.165, 1.54) is 11.0 Å². The van der Waals surface area contributed by atoms with Gasteiger partial charge in [-0.3, -0.25) is 9.59 Å². The molecule has 0 radical (unpaired) electrons. The number of hydrogen-bond donors (Lipinski definition) is 4. The van der Waals surface area contributed by atoms with E-state index in [0.29, 0.717) is 24.8 Å². The van der Waals surface area contributed by atoms with Gasteiger partial charge in [0.1, 0.15) is 17.4 Å². The summed E-state index contributed by atoms with van der Waals surface area (Å²) in [5.74, 6) is -4.98. The van der Waals surface area contributed by atoms with Crippen LogP contribution in [0.1, 0.15) is 36.0 Å². The van der Waals surface area contributed by atoms with Crippen molar-refractivity contribution < 1.29 is 47.0 Å². The summed E-state index contributed by atoms with van der Waals surface area (Å²) < 4.78 is 45.7. The molecule has 13 heteroatoms. The molecule has 1 aliphatic heterocycles. The molecule has 1 unspecified atom stereocenters. The zero-order valence-electron chi connectivity index (χ0n) is 20.6. The Kier molecular flexibility index (Phi) is 8.95. The first-order chi connectivity index (χ1) is 18.2. The van der Waals surface area contributed by atoms with Gasteiger partial charge in [0.2, 0.25) is 11.8 Å². The summed E-state index contributed by atoms with van der Waals surface area (Å²) in [4.78, 5) is 48.1. The maximum Gasteiger partial charge on any atom is 0.490 e. The Morgan fingerprint density at radius 2 is 1.59 bits per heavy atom. The van der Waals surface area contributed by atoms with Crippen molar-refractivity contribution in [2.75, 3.05) is 0 Å². The molecule has 1 saturated carbocycles. The number of nitrogens with zero attached hydrogens (tertiary/aromatic N) is 1. The van der Waals surface area contributed by atoms with Gasteiger partial charge in [0.05, 0.1) is 0 Å². The maximum absolute atomic E-state index is 14.0. The maximum atomic E-state index is 14.0. The molecular formula is C26H27F4N3O6. The number of fused-ring (bicyclic) bond motifs is 1. The summed E-state index contributed by atoms with van der Waals surface area (Å²) in [6.07, 6.45) is -3.89. The SMILES string of the molecule is NC(CC(=O)N1Cc2ccccc2C[C@H]1C(=O)NC1(C(=O)O)CC1)Cc1ccccc1F.O=C(O)C(F)(F)F. The van der Waals surface area contributed by atoms with Crippen LogP contribution in [0.4, 0.5) is 17.6 Å². The zero-order valence-corrected chi connectivity index (χ0v) is 20.6. The first-order valence-corrected chi connectivity index (χ1v) is 11.9. The van der Waals surface area contributed by atoms with E-state index in [0.717, 1.165) is 11.1 Å². The molecule has 2 aromatic carbocycles. The average molecular weight is 554 g/mol. The van der Waals surface area contributed by atoms with E-state index in [4.69, 9.17) is 15.6 Å². The van der Waals surface area contributed by atoms with Crippen molar-refractivity contribution in [1.29, 1.82) is 0 Å².